The Kier molecular flexibility index (Phi) is 8.33. The zero-order valence-electron chi connectivity index (χ0n) is 23.6. The normalized spacial score (nSPS) is 15.3. The molecule has 0 aliphatic carbocycles. The smallest absolute Gasteiger partial charge is 0.331 e. The number of likely N-dealkylation sites (tertiary alicyclic amines) is 1. The van der Waals surface area contributed by atoms with Gasteiger partial charge in [-0.25, -0.2) is 9.37 Å². The van der Waals surface area contributed by atoms with Gasteiger partial charge in [-0.3, -0.25) is 14.0 Å². The van der Waals surface area contributed by atoms with E-state index >= 15 is 0 Å². The van der Waals surface area contributed by atoms with Gasteiger partial charge in [0.2, 0.25) is 5.91 Å². The molecule has 2 aromatic heterocycles. The second-order valence-electron chi connectivity index (χ2n) is 10.8. The minimum atomic E-state index is -4.91. The number of benzene rings is 2. The van der Waals surface area contributed by atoms with Crippen LogP contribution < -0.4 is 5.56 Å². The third kappa shape index (κ3) is 6.15. The van der Waals surface area contributed by atoms with Gasteiger partial charge >= 0.3 is 6.18 Å². The molecule has 0 radical (unpaired) electrons. The minimum Gasteiger partial charge on any atom is -0.331 e. The number of aromatic nitrogens is 2. The molecular weight excluding hydrogens is 562 g/mol. The maximum atomic E-state index is 14.0. The predicted octanol–water partition coefficient (Wildman–Crippen LogP) is 5.62. The standard InChI is InChI=1S/C32H29F4N5O2/c1-20(30-29(23-9-6-21(19-37)7-10-23)31(43)40-14-4-3-5-27(40)38-30)41(24-12-15-39(2)16-13-24)28(42)18-22-8-11-26(33)25(17-22)32(34,35)36/h3-11,14,17,20,24H,12-13,15-16,18H2,1-2H3/t20-/m1/s1. The fourth-order valence-corrected chi connectivity index (χ4v) is 5.70. The van der Waals surface area contributed by atoms with Gasteiger partial charge in [-0.2, -0.15) is 18.4 Å². The summed E-state index contributed by atoms with van der Waals surface area (Å²) in [6.07, 6.45) is -2.47. The number of rotatable bonds is 6. The van der Waals surface area contributed by atoms with Gasteiger partial charge in [-0.1, -0.05) is 24.3 Å². The topological polar surface area (TPSA) is 81.7 Å². The minimum absolute atomic E-state index is 0.0303. The lowest BCUT2D eigenvalue weighted by Crippen LogP contribution is -2.48. The molecule has 5 rings (SSSR count). The second kappa shape index (κ2) is 12.0. The van der Waals surface area contributed by atoms with Crippen LogP contribution in [-0.4, -0.2) is 51.3 Å². The van der Waals surface area contributed by atoms with Crippen LogP contribution in [0.2, 0.25) is 0 Å². The van der Waals surface area contributed by atoms with Crippen LogP contribution in [0, 0.1) is 17.1 Å². The monoisotopic (exact) mass is 591 g/mol. The van der Waals surface area contributed by atoms with Crippen LogP contribution >= 0.6 is 0 Å². The Bertz CT molecular complexity index is 1750. The highest BCUT2D eigenvalue weighted by Gasteiger charge is 2.36. The number of nitriles is 1. The summed E-state index contributed by atoms with van der Waals surface area (Å²) < 4.78 is 55.7. The molecule has 1 fully saturated rings. The van der Waals surface area contributed by atoms with Gasteiger partial charge in [0.05, 0.1) is 40.9 Å². The molecule has 1 atom stereocenters. The average molecular weight is 592 g/mol. The Morgan fingerprint density at radius 3 is 2.47 bits per heavy atom. The molecule has 11 heteroatoms. The zero-order chi connectivity index (χ0) is 30.9. The van der Waals surface area contributed by atoms with Gasteiger partial charge in [-0.15, -0.1) is 0 Å². The fourth-order valence-electron chi connectivity index (χ4n) is 5.70. The third-order valence-electron chi connectivity index (χ3n) is 7.94. The first kappa shape index (κ1) is 29.9. The number of hydrogen-bond donors (Lipinski definition) is 0. The highest BCUT2D eigenvalue weighted by Crippen LogP contribution is 2.34. The maximum absolute atomic E-state index is 14.0. The molecule has 1 aliphatic rings. The van der Waals surface area contributed by atoms with Crippen molar-refractivity contribution in [3.8, 4) is 17.2 Å². The summed E-state index contributed by atoms with van der Waals surface area (Å²) in [5, 5.41) is 9.27. The number of carbonyl (C=O) groups is 1. The molecule has 1 saturated heterocycles. The van der Waals surface area contributed by atoms with Crippen LogP contribution in [0.25, 0.3) is 16.8 Å². The largest absolute Gasteiger partial charge is 0.419 e. The molecule has 2 aromatic carbocycles. The lowest BCUT2D eigenvalue weighted by atomic mass is 9.95. The first-order valence-electron chi connectivity index (χ1n) is 13.8. The van der Waals surface area contributed by atoms with Crippen molar-refractivity contribution in [2.75, 3.05) is 20.1 Å². The number of fused-ring (bicyclic) bond motifs is 1. The highest BCUT2D eigenvalue weighted by molar-refractivity contribution is 5.80. The fraction of sp³-hybridized carbons (Fsp3) is 0.312. The van der Waals surface area contributed by atoms with E-state index in [-0.39, 0.29) is 22.7 Å². The number of halogens is 4. The number of nitrogens with zero attached hydrogens (tertiary/aromatic N) is 5. The highest BCUT2D eigenvalue weighted by atomic mass is 19.4. The van der Waals surface area contributed by atoms with Gasteiger partial charge in [0.25, 0.3) is 5.56 Å². The quantitative estimate of drug-likeness (QED) is 0.272. The zero-order valence-corrected chi connectivity index (χ0v) is 23.6. The molecule has 0 N–H and O–H groups in total. The van der Waals surface area contributed by atoms with Crippen LogP contribution in [0.4, 0.5) is 17.6 Å². The van der Waals surface area contributed by atoms with E-state index < -0.39 is 35.9 Å². The van der Waals surface area contributed by atoms with E-state index in [0.29, 0.717) is 54.5 Å². The molecule has 7 nitrogen and oxygen atoms in total. The molecule has 1 aliphatic heterocycles. The number of hydrogen-bond acceptors (Lipinski definition) is 5. The van der Waals surface area contributed by atoms with Crippen molar-refractivity contribution in [1.82, 2.24) is 19.2 Å². The molecule has 0 spiro atoms. The Labute approximate surface area is 245 Å². The van der Waals surface area contributed by atoms with E-state index in [9.17, 15) is 32.4 Å². The number of piperidine rings is 1. The predicted molar refractivity (Wildman–Crippen MR) is 152 cm³/mol. The van der Waals surface area contributed by atoms with Gasteiger partial charge in [-0.05, 0) is 87.4 Å². The summed E-state index contributed by atoms with van der Waals surface area (Å²) >= 11 is 0. The van der Waals surface area contributed by atoms with Gasteiger partial charge in [0.15, 0.2) is 0 Å². The van der Waals surface area contributed by atoms with Crippen molar-refractivity contribution >= 4 is 11.6 Å². The maximum Gasteiger partial charge on any atom is 0.419 e. The average Bonchev–Trinajstić information content (AvgIpc) is 2.98. The SMILES string of the molecule is C[C@H](c1nc2ccccn2c(=O)c1-c1ccc(C#N)cc1)N(C(=O)Cc1ccc(F)c(C(F)(F)F)c1)C1CCN(C)CC1. The molecule has 1 amide bonds. The summed E-state index contributed by atoms with van der Waals surface area (Å²) in [4.78, 5) is 36.5. The first-order valence-corrected chi connectivity index (χ1v) is 13.8. The van der Waals surface area contributed by atoms with E-state index in [4.69, 9.17) is 4.98 Å². The summed E-state index contributed by atoms with van der Waals surface area (Å²) in [5.74, 6) is -1.86. The third-order valence-corrected chi connectivity index (χ3v) is 7.94. The number of carbonyl (C=O) groups excluding carboxylic acids is 1. The van der Waals surface area contributed by atoms with Gasteiger partial charge in [0.1, 0.15) is 11.5 Å². The van der Waals surface area contributed by atoms with Gasteiger partial charge < -0.3 is 9.80 Å². The molecule has 0 unspecified atom stereocenters. The van der Waals surface area contributed by atoms with E-state index in [1.807, 2.05) is 7.05 Å². The summed E-state index contributed by atoms with van der Waals surface area (Å²) in [6.45, 7) is 3.16. The lowest BCUT2D eigenvalue weighted by Gasteiger charge is -2.41. The van der Waals surface area contributed by atoms with Crippen LogP contribution in [0.5, 0.6) is 0 Å². The molecule has 3 heterocycles. The van der Waals surface area contributed by atoms with Crippen molar-refractivity contribution in [1.29, 1.82) is 5.26 Å². The van der Waals surface area contributed by atoms with Crippen LogP contribution in [0.3, 0.4) is 0 Å². The van der Waals surface area contributed by atoms with E-state index in [1.54, 1.807) is 60.5 Å². The molecule has 4 aromatic rings. The lowest BCUT2D eigenvalue weighted by molar-refractivity contribution is -0.140. The van der Waals surface area contributed by atoms with Crippen molar-refractivity contribution < 1.29 is 22.4 Å². The number of amides is 1. The van der Waals surface area contributed by atoms with Crippen molar-refractivity contribution in [3.63, 3.8) is 0 Å². The van der Waals surface area contributed by atoms with Crippen molar-refractivity contribution in [2.45, 2.75) is 44.4 Å². The Morgan fingerprint density at radius 2 is 1.81 bits per heavy atom. The van der Waals surface area contributed by atoms with Crippen LogP contribution in [0.1, 0.15) is 48.2 Å². The Morgan fingerprint density at radius 1 is 1.12 bits per heavy atom. The van der Waals surface area contributed by atoms with Crippen LogP contribution in [-0.2, 0) is 17.4 Å². The summed E-state index contributed by atoms with van der Waals surface area (Å²) in [5.41, 5.74) is 0.133. The van der Waals surface area contributed by atoms with Crippen molar-refractivity contribution in [2.24, 2.45) is 0 Å². The molecule has 0 saturated carbocycles. The van der Waals surface area contributed by atoms with Crippen molar-refractivity contribution in [3.05, 3.63) is 105 Å². The molecule has 0 bridgehead atoms. The van der Waals surface area contributed by atoms with E-state index in [2.05, 4.69) is 11.0 Å². The Balaban J connectivity index is 1.62. The molecule has 222 valence electrons. The van der Waals surface area contributed by atoms with E-state index in [1.165, 1.54) is 10.5 Å². The van der Waals surface area contributed by atoms with Gasteiger partial charge in [0, 0.05) is 12.2 Å². The summed E-state index contributed by atoms with van der Waals surface area (Å²) in [7, 11) is 1.97. The molecule has 43 heavy (non-hydrogen) atoms. The second-order valence-corrected chi connectivity index (χ2v) is 10.8. The Hall–Kier alpha value is -4.56. The number of alkyl halides is 3. The number of pyridine rings is 1. The first-order chi connectivity index (χ1) is 20.5. The van der Waals surface area contributed by atoms with E-state index in [0.717, 1.165) is 6.07 Å². The molecular formula is C32H29F4N5O2. The van der Waals surface area contributed by atoms with Crippen LogP contribution in [0.15, 0.2) is 71.7 Å². The summed E-state index contributed by atoms with van der Waals surface area (Å²) in [6, 6.07) is 15.2.